The first-order valence-electron chi connectivity index (χ1n) is 9.85. The molecule has 0 heterocycles. The van der Waals surface area contributed by atoms with Crippen LogP contribution in [0.15, 0.2) is 70.0 Å². The fourth-order valence-electron chi connectivity index (χ4n) is 2.93. The van der Waals surface area contributed by atoms with Gasteiger partial charge in [0.2, 0.25) is 12.2 Å². The fraction of sp³-hybridized carbons (Fsp3) is 0.364. The molecule has 0 bridgehead atoms. The highest BCUT2D eigenvalue weighted by Crippen LogP contribution is 2.27. The molecular weight excluding hydrogens is 428 g/mol. The Morgan fingerprint density at radius 2 is 0.968 bits per heavy atom. The molecule has 0 saturated carbocycles. The summed E-state index contributed by atoms with van der Waals surface area (Å²) in [6.07, 6.45) is 3.24. The third-order valence-electron chi connectivity index (χ3n) is 3.83. The number of hydrogen-bond donors (Lipinski definition) is 0. The Morgan fingerprint density at radius 1 is 0.645 bits per heavy atom. The minimum atomic E-state index is -3.90. The molecule has 7 nitrogen and oxygen atoms in total. The number of benzene rings is 2. The number of hydrogen-bond acceptors (Lipinski definition) is 7. The summed E-state index contributed by atoms with van der Waals surface area (Å²) in [6, 6.07) is 17.9. The van der Waals surface area contributed by atoms with Crippen molar-refractivity contribution >= 4 is 40.0 Å². The van der Waals surface area contributed by atoms with Crippen LogP contribution in [0, 0.1) is 0 Å². The molecule has 0 saturated heterocycles. The highest BCUT2D eigenvalue weighted by atomic mass is 28.5. The molecule has 0 aromatic heterocycles. The Hall–Kier alpha value is -2.49. The van der Waals surface area contributed by atoms with Crippen molar-refractivity contribution in [2.45, 2.75) is 52.7 Å². The summed E-state index contributed by atoms with van der Waals surface area (Å²) in [5.41, 5.74) is -1.46. The van der Waals surface area contributed by atoms with Gasteiger partial charge in [0.1, 0.15) is 0 Å². The number of rotatable bonds is 8. The summed E-state index contributed by atoms with van der Waals surface area (Å²) in [7, 11) is -7.79. The lowest BCUT2D eigenvalue weighted by molar-refractivity contribution is 0.0628. The average molecular weight is 457 g/mol. The topological polar surface area (TPSA) is 86.5 Å². The molecule has 0 radical (unpaired) electrons. The van der Waals surface area contributed by atoms with Crippen LogP contribution in [0.25, 0.3) is 0 Å². The molecule has 0 aliphatic rings. The summed E-state index contributed by atoms with van der Waals surface area (Å²) in [5, 5.41) is 1.14. The molecule has 0 aliphatic heterocycles. The van der Waals surface area contributed by atoms with E-state index in [1.807, 2.05) is 53.7 Å². The van der Waals surface area contributed by atoms with Crippen molar-refractivity contribution in [2.75, 3.05) is 0 Å². The maximum atomic E-state index is 11.6. The van der Waals surface area contributed by atoms with Crippen LogP contribution in [0.4, 0.5) is 0 Å². The highest BCUT2D eigenvalue weighted by Gasteiger charge is 2.57. The van der Waals surface area contributed by atoms with Gasteiger partial charge in [-0.1, -0.05) is 60.7 Å². The van der Waals surface area contributed by atoms with Gasteiger partial charge in [0.25, 0.3) is 0 Å². The third kappa shape index (κ3) is 6.75. The van der Waals surface area contributed by atoms with Crippen LogP contribution in [-0.4, -0.2) is 40.8 Å². The van der Waals surface area contributed by atoms with E-state index < -0.39 is 28.6 Å². The van der Waals surface area contributed by atoms with Gasteiger partial charge < -0.3 is 13.0 Å². The lowest BCUT2D eigenvalue weighted by atomic mass is 10.2. The molecule has 31 heavy (non-hydrogen) atoms. The molecule has 2 rings (SSSR count). The number of isocyanates is 2. The van der Waals surface area contributed by atoms with Crippen molar-refractivity contribution in [2.24, 2.45) is 9.32 Å². The summed E-state index contributed by atoms with van der Waals surface area (Å²) in [5.74, 6) is 0. The van der Waals surface area contributed by atoms with Gasteiger partial charge in [-0.2, -0.15) is 9.32 Å². The lowest BCUT2D eigenvalue weighted by Crippen LogP contribution is -2.67. The van der Waals surface area contributed by atoms with Crippen LogP contribution in [0.2, 0.25) is 0 Å². The van der Waals surface area contributed by atoms with Crippen LogP contribution < -0.4 is 10.4 Å². The summed E-state index contributed by atoms with van der Waals surface area (Å²) < 4.78 is 27.5. The summed E-state index contributed by atoms with van der Waals surface area (Å²) in [4.78, 5) is 23.2. The molecule has 2 atom stereocenters. The summed E-state index contributed by atoms with van der Waals surface area (Å²) in [6.45, 7) is 11.0. The molecule has 9 heteroatoms. The zero-order valence-electron chi connectivity index (χ0n) is 18.7. The van der Waals surface area contributed by atoms with Gasteiger partial charge in [-0.3, -0.25) is 0 Å². The Labute approximate surface area is 185 Å². The first kappa shape index (κ1) is 24.8. The Kier molecular flexibility index (Phi) is 7.80. The van der Waals surface area contributed by atoms with Gasteiger partial charge in [0, 0.05) is 10.4 Å². The van der Waals surface area contributed by atoms with Crippen molar-refractivity contribution in [1.29, 1.82) is 0 Å². The molecule has 2 aromatic rings. The quantitative estimate of drug-likeness (QED) is 0.346. The van der Waals surface area contributed by atoms with E-state index in [0.717, 1.165) is 0 Å². The molecule has 2 aromatic carbocycles. The van der Waals surface area contributed by atoms with E-state index >= 15 is 0 Å². The normalized spacial score (nSPS) is 15.7. The monoisotopic (exact) mass is 456 g/mol. The van der Waals surface area contributed by atoms with E-state index in [4.69, 9.17) is 13.0 Å². The van der Waals surface area contributed by atoms with E-state index in [0.29, 0.717) is 10.4 Å². The maximum absolute atomic E-state index is 11.6. The van der Waals surface area contributed by atoms with Gasteiger partial charge in [-0.15, -0.1) is 0 Å². The Balaban J connectivity index is 2.83. The van der Waals surface area contributed by atoms with Crippen molar-refractivity contribution < 1.29 is 22.6 Å². The molecule has 2 unspecified atom stereocenters. The second-order valence-corrected chi connectivity index (χ2v) is 14.0. The Morgan fingerprint density at radius 3 is 1.23 bits per heavy atom. The largest absolute Gasteiger partial charge is 0.517 e. The van der Waals surface area contributed by atoms with Crippen molar-refractivity contribution in [1.82, 2.24) is 0 Å². The minimum absolute atomic E-state index is 0.569. The van der Waals surface area contributed by atoms with E-state index in [9.17, 15) is 9.59 Å². The Bertz CT molecular complexity index is 883. The SMILES string of the molecule is CC(C)(C)O[Si](N=C=O)(O[Si](N=C=O)(OC(C)(C)C)c1ccccc1)c1ccccc1. The number of nitrogens with zero attached hydrogens (tertiary/aromatic N) is 2. The zero-order chi connectivity index (χ0) is 23.2. The van der Waals surface area contributed by atoms with Gasteiger partial charge in [0.05, 0.1) is 11.2 Å². The van der Waals surface area contributed by atoms with Crippen molar-refractivity contribution in [3.8, 4) is 0 Å². The van der Waals surface area contributed by atoms with Crippen LogP contribution in [0.5, 0.6) is 0 Å². The second-order valence-electron chi connectivity index (χ2n) is 8.83. The van der Waals surface area contributed by atoms with Crippen LogP contribution in [0.3, 0.4) is 0 Å². The van der Waals surface area contributed by atoms with Crippen LogP contribution in [-0.2, 0) is 22.6 Å². The standard InChI is InChI=1S/C22H28N2O5Si2/c1-21(2,3)27-30(23-17-25,19-13-9-7-10-14-19)29-31(24-18-26,28-22(4,5)6)20-15-11-8-12-16-20/h7-16H,1-6H3. The predicted octanol–water partition coefficient (Wildman–Crippen LogP) is 3.00. The highest BCUT2D eigenvalue weighted by molar-refractivity contribution is 6.92. The van der Waals surface area contributed by atoms with E-state index in [1.165, 1.54) is 0 Å². The predicted molar refractivity (Wildman–Crippen MR) is 123 cm³/mol. The first-order valence-corrected chi connectivity index (χ1v) is 13.4. The average Bonchev–Trinajstić information content (AvgIpc) is 2.67. The lowest BCUT2D eigenvalue weighted by Gasteiger charge is -2.39. The maximum Gasteiger partial charge on any atom is 0.517 e. The molecular formula is C22H28N2O5Si2. The van der Waals surface area contributed by atoms with Crippen molar-refractivity contribution in [3.05, 3.63) is 60.7 Å². The van der Waals surface area contributed by atoms with Gasteiger partial charge >= 0.3 is 17.4 Å². The summed E-state index contributed by atoms with van der Waals surface area (Å²) >= 11 is 0. The van der Waals surface area contributed by atoms with Crippen molar-refractivity contribution in [3.63, 3.8) is 0 Å². The molecule has 0 aliphatic carbocycles. The molecule has 0 N–H and O–H groups in total. The van der Waals surface area contributed by atoms with E-state index in [2.05, 4.69) is 9.32 Å². The number of carbonyl (C=O) groups excluding carboxylic acids is 2. The van der Waals surface area contributed by atoms with Gasteiger partial charge in [-0.25, -0.2) is 9.59 Å². The van der Waals surface area contributed by atoms with Crippen LogP contribution in [0.1, 0.15) is 41.5 Å². The van der Waals surface area contributed by atoms with Crippen LogP contribution >= 0.6 is 0 Å². The van der Waals surface area contributed by atoms with E-state index in [1.54, 1.807) is 60.7 Å². The second kappa shape index (κ2) is 9.76. The molecule has 0 spiro atoms. The smallest absolute Gasteiger partial charge is 0.372 e. The minimum Gasteiger partial charge on any atom is -0.372 e. The molecule has 164 valence electrons. The zero-order valence-corrected chi connectivity index (χ0v) is 20.7. The first-order chi connectivity index (χ1) is 14.5. The molecule has 0 fully saturated rings. The molecule has 0 amide bonds. The van der Waals surface area contributed by atoms with Gasteiger partial charge in [-0.05, 0) is 41.5 Å². The third-order valence-corrected chi connectivity index (χ3v) is 10.7. The van der Waals surface area contributed by atoms with Gasteiger partial charge in [0.15, 0.2) is 0 Å². The fourth-order valence-corrected chi connectivity index (χ4v) is 9.79. The van der Waals surface area contributed by atoms with E-state index in [-0.39, 0.29) is 0 Å².